The topological polar surface area (TPSA) is 26.3 Å². The predicted molar refractivity (Wildman–Crippen MR) is 92.1 cm³/mol. The number of ketones is 1. The third-order valence-electron chi connectivity index (χ3n) is 8.89. The van der Waals surface area contributed by atoms with Gasteiger partial charge in [0.2, 0.25) is 0 Å². The first kappa shape index (κ1) is 16.1. The van der Waals surface area contributed by atoms with E-state index in [4.69, 9.17) is 4.74 Å². The SMILES string of the molecule is COCC1CC[C@@]2(C)C(CC[C@@H]3[C@@H]2CC[C@]2(C)C(=O)CC[C@@H]32)C1. The molecule has 4 aliphatic carbocycles. The Morgan fingerprint density at radius 1 is 1.04 bits per heavy atom. The van der Waals surface area contributed by atoms with Gasteiger partial charge in [0.1, 0.15) is 5.78 Å². The quantitative estimate of drug-likeness (QED) is 0.726. The molecular formula is C21H34O2. The number of fused-ring (bicyclic) bond motifs is 5. The van der Waals surface area contributed by atoms with Crippen molar-refractivity contribution in [2.45, 2.75) is 71.6 Å². The van der Waals surface area contributed by atoms with Gasteiger partial charge < -0.3 is 4.74 Å². The normalized spacial score (nSPS) is 52.7. The van der Waals surface area contributed by atoms with Crippen molar-refractivity contribution in [2.75, 3.05) is 13.7 Å². The van der Waals surface area contributed by atoms with Crippen LogP contribution in [0.4, 0.5) is 0 Å². The van der Waals surface area contributed by atoms with Gasteiger partial charge in [0.05, 0.1) is 0 Å². The number of hydrogen-bond donors (Lipinski definition) is 0. The number of Topliss-reactive ketones (excluding diaryl/α,β-unsaturated/α-hetero) is 1. The second-order valence-corrected chi connectivity index (χ2v) is 9.67. The Morgan fingerprint density at radius 3 is 2.65 bits per heavy atom. The molecule has 7 atom stereocenters. The standard InChI is InChI=1S/C21H34O2/c1-20-10-8-14(13-23-3)12-15(20)4-5-16-17-6-7-19(22)21(17,2)11-9-18(16)20/h14-18H,4-13H2,1-3H3/t14?,15?,16-,17-,18-,20-,21-/m0/s1. The maximum Gasteiger partial charge on any atom is 0.139 e. The lowest BCUT2D eigenvalue weighted by Crippen LogP contribution is -2.53. The zero-order valence-corrected chi connectivity index (χ0v) is 15.3. The van der Waals surface area contributed by atoms with Crippen LogP contribution in [0.5, 0.6) is 0 Å². The summed E-state index contributed by atoms with van der Waals surface area (Å²) in [7, 11) is 1.85. The fourth-order valence-electron chi connectivity index (χ4n) is 7.51. The molecule has 0 aromatic heterocycles. The molecule has 0 aromatic carbocycles. The van der Waals surface area contributed by atoms with Crippen LogP contribution >= 0.6 is 0 Å². The number of hydrogen-bond acceptors (Lipinski definition) is 2. The van der Waals surface area contributed by atoms with Crippen LogP contribution < -0.4 is 0 Å². The maximum absolute atomic E-state index is 12.5. The van der Waals surface area contributed by atoms with Gasteiger partial charge in [0, 0.05) is 25.6 Å². The van der Waals surface area contributed by atoms with E-state index >= 15 is 0 Å². The Hall–Kier alpha value is -0.370. The number of methoxy groups -OCH3 is 1. The molecule has 4 aliphatic rings. The van der Waals surface area contributed by atoms with Crippen molar-refractivity contribution in [3.63, 3.8) is 0 Å². The molecule has 2 unspecified atom stereocenters. The number of carbonyl (C=O) groups excluding carboxylic acids is 1. The smallest absolute Gasteiger partial charge is 0.139 e. The third-order valence-corrected chi connectivity index (χ3v) is 8.89. The minimum Gasteiger partial charge on any atom is -0.384 e. The highest BCUT2D eigenvalue weighted by Crippen LogP contribution is 2.65. The van der Waals surface area contributed by atoms with Gasteiger partial charge in [-0.3, -0.25) is 4.79 Å². The molecule has 4 fully saturated rings. The molecule has 0 N–H and O–H groups in total. The van der Waals surface area contributed by atoms with E-state index in [1.807, 2.05) is 7.11 Å². The van der Waals surface area contributed by atoms with Crippen molar-refractivity contribution in [3.8, 4) is 0 Å². The van der Waals surface area contributed by atoms with Crippen LogP contribution in [-0.4, -0.2) is 19.5 Å². The highest BCUT2D eigenvalue weighted by Gasteiger charge is 2.60. The summed E-state index contributed by atoms with van der Waals surface area (Å²) in [6.45, 7) is 5.86. The van der Waals surface area contributed by atoms with E-state index in [1.165, 1.54) is 51.4 Å². The van der Waals surface area contributed by atoms with Crippen LogP contribution in [-0.2, 0) is 9.53 Å². The lowest BCUT2D eigenvalue weighted by Gasteiger charge is -2.60. The van der Waals surface area contributed by atoms with Gasteiger partial charge >= 0.3 is 0 Å². The van der Waals surface area contributed by atoms with Crippen LogP contribution in [0.15, 0.2) is 0 Å². The van der Waals surface area contributed by atoms with Crippen molar-refractivity contribution < 1.29 is 9.53 Å². The zero-order chi connectivity index (χ0) is 16.2. The Bertz CT molecular complexity index is 486. The second-order valence-electron chi connectivity index (χ2n) is 9.67. The molecular weight excluding hydrogens is 284 g/mol. The van der Waals surface area contributed by atoms with Crippen molar-refractivity contribution in [1.29, 1.82) is 0 Å². The van der Waals surface area contributed by atoms with Gasteiger partial charge in [-0.15, -0.1) is 0 Å². The molecule has 4 rings (SSSR count). The molecule has 0 spiro atoms. The van der Waals surface area contributed by atoms with E-state index in [9.17, 15) is 4.79 Å². The van der Waals surface area contributed by atoms with E-state index in [0.29, 0.717) is 17.1 Å². The minimum absolute atomic E-state index is 0.0393. The molecule has 2 nitrogen and oxygen atoms in total. The summed E-state index contributed by atoms with van der Waals surface area (Å²) < 4.78 is 5.44. The number of rotatable bonds is 2. The summed E-state index contributed by atoms with van der Waals surface area (Å²) in [5.41, 5.74) is 0.581. The maximum atomic E-state index is 12.5. The first-order chi connectivity index (χ1) is 11.0. The first-order valence-corrected chi connectivity index (χ1v) is 10.0. The predicted octanol–water partition coefficient (Wildman–Crippen LogP) is 4.86. The zero-order valence-electron chi connectivity index (χ0n) is 15.3. The van der Waals surface area contributed by atoms with Gasteiger partial charge in [0.25, 0.3) is 0 Å². The van der Waals surface area contributed by atoms with Gasteiger partial charge in [-0.1, -0.05) is 13.8 Å². The third kappa shape index (κ3) is 2.27. The van der Waals surface area contributed by atoms with Gasteiger partial charge in [0.15, 0.2) is 0 Å². The number of ether oxygens (including phenoxy) is 1. The molecule has 130 valence electrons. The molecule has 0 heterocycles. The van der Waals surface area contributed by atoms with E-state index in [2.05, 4.69) is 13.8 Å². The van der Waals surface area contributed by atoms with Gasteiger partial charge in [-0.05, 0) is 86.4 Å². The first-order valence-electron chi connectivity index (χ1n) is 10.0. The summed E-state index contributed by atoms with van der Waals surface area (Å²) >= 11 is 0. The summed E-state index contributed by atoms with van der Waals surface area (Å²) in [5.74, 6) is 4.69. The Balaban J connectivity index is 1.56. The molecule has 0 aromatic rings. The highest BCUT2D eigenvalue weighted by atomic mass is 16.5. The summed E-state index contributed by atoms with van der Waals surface area (Å²) in [4.78, 5) is 12.5. The van der Waals surface area contributed by atoms with Crippen LogP contribution in [0.1, 0.15) is 71.6 Å². The Morgan fingerprint density at radius 2 is 1.87 bits per heavy atom. The van der Waals surface area contributed by atoms with E-state index in [1.54, 1.807) is 0 Å². The molecule has 0 saturated heterocycles. The van der Waals surface area contributed by atoms with Crippen molar-refractivity contribution in [3.05, 3.63) is 0 Å². The molecule has 2 heteroatoms. The molecule has 0 aliphatic heterocycles. The molecule has 4 saturated carbocycles. The Kier molecular flexibility index (Phi) is 3.91. The average molecular weight is 319 g/mol. The molecule has 0 radical (unpaired) electrons. The van der Waals surface area contributed by atoms with Gasteiger partial charge in [-0.25, -0.2) is 0 Å². The molecule has 23 heavy (non-hydrogen) atoms. The Labute approximate surface area is 141 Å². The fourth-order valence-corrected chi connectivity index (χ4v) is 7.51. The highest BCUT2D eigenvalue weighted by molar-refractivity contribution is 5.87. The van der Waals surface area contributed by atoms with E-state index in [-0.39, 0.29) is 5.41 Å². The van der Waals surface area contributed by atoms with Crippen LogP contribution in [0.2, 0.25) is 0 Å². The molecule has 0 amide bonds. The van der Waals surface area contributed by atoms with E-state index < -0.39 is 0 Å². The summed E-state index contributed by atoms with van der Waals surface area (Å²) in [5, 5.41) is 0. The van der Waals surface area contributed by atoms with Crippen LogP contribution in [0.25, 0.3) is 0 Å². The monoisotopic (exact) mass is 318 g/mol. The molecule has 0 bridgehead atoms. The largest absolute Gasteiger partial charge is 0.384 e. The van der Waals surface area contributed by atoms with Crippen molar-refractivity contribution in [2.24, 2.45) is 40.4 Å². The lowest BCUT2D eigenvalue weighted by atomic mass is 9.44. The summed E-state index contributed by atoms with van der Waals surface area (Å²) in [6.07, 6.45) is 11.4. The second kappa shape index (κ2) is 5.58. The lowest BCUT2D eigenvalue weighted by molar-refractivity contribution is -0.141. The van der Waals surface area contributed by atoms with E-state index in [0.717, 1.165) is 36.7 Å². The summed E-state index contributed by atoms with van der Waals surface area (Å²) in [6, 6.07) is 0. The minimum atomic E-state index is 0.0393. The van der Waals surface area contributed by atoms with Crippen LogP contribution in [0, 0.1) is 40.4 Å². The average Bonchev–Trinajstić information content (AvgIpc) is 2.84. The van der Waals surface area contributed by atoms with Crippen LogP contribution in [0.3, 0.4) is 0 Å². The fraction of sp³-hybridized carbons (Fsp3) is 0.952. The van der Waals surface area contributed by atoms with Crippen molar-refractivity contribution in [1.82, 2.24) is 0 Å². The van der Waals surface area contributed by atoms with Gasteiger partial charge in [-0.2, -0.15) is 0 Å². The van der Waals surface area contributed by atoms with Crippen molar-refractivity contribution >= 4 is 5.78 Å². The number of carbonyl (C=O) groups is 1.